The molecule has 532 valence electrons. The second kappa shape index (κ2) is 53.6. The summed E-state index contributed by atoms with van der Waals surface area (Å²) in [4.78, 5) is 13.4. The van der Waals surface area contributed by atoms with E-state index in [1.807, 2.05) is 6.08 Å². The zero-order valence-electron chi connectivity index (χ0n) is 56.4. The van der Waals surface area contributed by atoms with E-state index in [0.717, 1.165) is 44.9 Å². The van der Waals surface area contributed by atoms with Crippen LogP contribution in [0.4, 0.5) is 0 Å². The topological polar surface area (TPSA) is 307 Å². The van der Waals surface area contributed by atoms with Crippen molar-refractivity contribution in [3.05, 3.63) is 12.2 Å². The molecule has 3 saturated heterocycles. The standard InChI is InChI=1S/C71H135NO18/c1-3-5-7-9-11-13-15-17-19-21-22-23-24-25-26-27-28-29-30-31-32-33-35-37-39-41-43-45-47-49-59(77)72-54(55(76)48-46-44-42-40-38-36-34-20-18-16-14-12-10-8-6-4-2)53-85-69-65(83)62(80)67(57(51-74)87-69)90-71-66(84)63(81)68(58(52-75)88-71)89-70-64(82)61(79)60(78)56(50-73)86-70/h46,48,54-58,60-71,73-76,78-84H,3-45,47,49-53H2,1-2H3,(H,72,77)/b48-46+. The van der Waals surface area contributed by atoms with E-state index < -0.39 is 124 Å². The number of hydrogen-bond acceptors (Lipinski definition) is 18. The predicted octanol–water partition coefficient (Wildman–Crippen LogP) is 10.4. The Hall–Kier alpha value is -1.47. The molecule has 0 aromatic carbocycles. The minimum atomic E-state index is -1.98. The molecule has 3 heterocycles. The Morgan fingerprint density at radius 1 is 0.389 bits per heavy atom. The summed E-state index contributed by atoms with van der Waals surface area (Å²) in [6.45, 7) is 1.78. The zero-order valence-corrected chi connectivity index (χ0v) is 56.4. The molecule has 3 aliphatic rings. The van der Waals surface area contributed by atoms with Crippen LogP contribution in [0.1, 0.15) is 303 Å². The molecule has 1 amide bonds. The Morgan fingerprint density at radius 3 is 1.04 bits per heavy atom. The third-order valence-corrected chi connectivity index (χ3v) is 18.8. The molecular weight excluding hydrogens is 1150 g/mol. The molecule has 0 aromatic rings. The van der Waals surface area contributed by atoms with Crippen LogP contribution in [0.5, 0.6) is 0 Å². The van der Waals surface area contributed by atoms with Gasteiger partial charge in [-0.25, -0.2) is 0 Å². The minimum Gasteiger partial charge on any atom is -0.394 e. The maximum atomic E-state index is 13.4. The van der Waals surface area contributed by atoms with Crippen LogP contribution < -0.4 is 5.32 Å². The van der Waals surface area contributed by atoms with E-state index in [0.29, 0.717) is 6.42 Å². The fraction of sp³-hybridized carbons (Fsp3) is 0.958. The Kier molecular flexibility index (Phi) is 49.3. The molecule has 90 heavy (non-hydrogen) atoms. The van der Waals surface area contributed by atoms with Crippen LogP contribution in [0.25, 0.3) is 0 Å². The lowest BCUT2D eigenvalue weighted by atomic mass is 9.96. The summed E-state index contributed by atoms with van der Waals surface area (Å²) in [6, 6.07) is -0.968. The van der Waals surface area contributed by atoms with Crippen LogP contribution in [0.3, 0.4) is 0 Å². The first-order valence-corrected chi connectivity index (χ1v) is 36.9. The molecule has 19 heteroatoms. The van der Waals surface area contributed by atoms with Crippen molar-refractivity contribution in [2.24, 2.45) is 0 Å². The van der Waals surface area contributed by atoms with Gasteiger partial charge in [-0.1, -0.05) is 289 Å². The highest BCUT2D eigenvalue weighted by Gasteiger charge is 2.53. The van der Waals surface area contributed by atoms with Crippen LogP contribution in [-0.2, 0) is 33.2 Å². The number of amides is 1. The van der Waals surface area contributed by atoms with Crippen molar-refractivity contribution in [2.75, 3.05) is 26.4 Å². The molecule has 17 unspecified atom stereocenters. The van der Waals surface area contributed by atoms with Gasteiger partial charge in [0.25, 0.3) is 0 Å². The number of rotatable bonds is 58. The first-order chi connectivity index (χ1) is 43.8. The molecule has 3 fully saturated rings. The number of unbranched alkanes of at least 4 members (excludes halogenated alkanes) is 42. The molecule has 0 saturated carbocycles. The monoisotopic (exact) mass is 1290 g/mol. The van der Waals surface area contributed by atoms with Crippen LogP contribution in [0.15, 0.2) is 12.2 Å². The highest BCUT2D eigenvalue weighted by Crippen LogP contribution is 2.33. The smallest absolute Gasteiger partial charge is 0.220 e. The SMILES string of the molecule is CCCCCCCCCCCCCCCC/C=C/C(O)C(COC1OC(CO)C(OC2OC(CO)C(OC3OC(CO)C(O)C(O)C3O)C(O)C2O)C(O)C1O)NC(=O)CCCCCCCCCCCCCCCCCCCCCCCCCCCCCCC. The first kappa shape index (κ1) is 82.8. The largest absolute Gasteiger partial charge is 0.394 e. The lowest BCUT2D eigenvalue weighted by molar-refractivity contribution is -0.379. The zero-order chi connectivity index (χ0) is 65.4. The van der Waals surface area contributed by atoms with Crippen molar-refractivity contribution >= 4 is 5.91 Å². The molecule has 0 radical (unpaired) electrons. The normalized spacial score (nSPS) is 28.0. The lowest BCUT2D eigenvalue weighted by Gasteiger charge is -2.48. The third-order valence-electron chi connectivity index (χ3n) is 18.8. The highest BCUT2D eigenvalue weighted by atomic mass is 16.8. The van der Waals surface area contributed by atoms with Crippen molar-refractivity contribution < 1.29 is 89.4 Å². The van der Waals surface area contributed by atoms with E-state index >= 15 is 0 Å². The van der Waals surface area contributed by atoms with Crippen LogP contribution in [0, 0.1) is 0 Å². The van der Waals surface area contributed by atoms with E-state index in [1.54, 1.807) is 6.08 Å². The van der Waals surface area contributed by atoms with E-state index in [1.165, 1.54) is 231 Å². The number of allylic oxidation sites excluding steroid dienone is 1. The van der Waals surface area contributed by atoms with E-state index in [2.05, 4.69) is 19.2 Å². The summed E-state index contributed by atoms with van der Waals surface area (Å²) < 4.78 is 34.4. The summed E-state index contributed by atoms with van der Waals surface area (Å²) in [5.41, 5.74) is 0. The van der Waals surface area contributed by atoms with Gasteiger partial charge in [0.1, 0.15) is 73.2 Å². The summed E-state index contributed by atoms with van der Waals surface area (Å²) in [5, 5.41) is 121. The van der Waals surface area contributed by atoms with E-state index in [4.69, 9.17) is 28.4 Å². The molecule has 3 rings (SSSR count). The molecule has 3 aliphatic heterocycles. The van der Waals surface area contributed by atoms with Gasteiger partial charge >= 0.3 is 0 Å². The van der Waals surface area contributed by atoms with Crippen LogP contribution in [-0.4, -0.2) is 193 Å². The number of nitrogens with one attached hydrogen (secondary N) is 1. The summed E-state index contributed by atoms with van der Waals surface area (Å²) in [5.74, 6) is -0.268. The second-order valence-corrected chi connectivity index (χ2v) is 26.8. The van der Waals surface area contributed by atoms with E-state index in [-0.39, 0.29) is 18.9 Å². The fourth-order valence-corrected chi connectivity index (χ4v) is 12.8. The number of aliphatic hydroxyl groups excluding tert-OH is 11. The summed E-state index contributed by atoms with van der Waals surface area (Å²) in [7, 11) is 0. The van der Waals surface area contributed by atoms with Crippen molar-refractivity contribution in [2.45, 2.75) is 407 Å². The Balaban J connectivity index is 1.38. The maximum Gasteiger partial charge on any atom is 0.220 e. The first-order valence-electron chi connectivity index (χ1n) is 36.9. The van der Waals surface area contributed by atoms with Gasteiger partial charge < -0.3 is 89.9 Å². The average molecular weight is 1290 g/mol. The number of hydrogen-bond donors (Lipinski definition) is 12. The molecule has 0 aromatic heterocycles. The van der Waals surface area contributed by atoms with Gasteiger partial charge in [0.2, 0.25) is 5.91 Å². The third kappa shape index (κ3) is 35.0. The highest BCUT2D eigenvalue weighted by molar-refractivity contribution is 5.76. The van der Waals surface area contributed by atoms with Gasteiger partial charge in [0.15, 0.2) is 18.9 Å². The minimum absolute atomic E-state index is 0.250. The van der Waals surface area contributed by atoms with Crippen molar-refractivity contribution in [3.8, 4) is 0 Å². The van der Waals surface area contributed by atoms with Gasteiger partial charge in [-0.2, -0.15) is 0 Å². The number of ether oxygens (including phenoxy) is 6. The Morgan fingerprint density at radius 2 is 0.689 bits per heavy atom. The lowest BCUT2D eigenvalue weighted by Crippen LogP contribution is -2.66. The number of carbonyl (C=O) groups excluding carboxylic acids is 1. The van der Waals surface area contributed by atoms with E-state index in [9.17, 15) is 61.0 Å². The molecular formula is C71H135NO18. The molecule has 0 bridgehead atoms. The van der Waals surface area contributed by atoms with Gasteiger partial charge in [-0.05, 0) is 19.3 Å². The van der Waals surface area contributed by atoms with Gasteiger partial charge in [0, 0.05) is 6.42 Å². The van der Waals surface area contributed by atoms with Crippen LogP contribution in [0.2, 0.25) is 0 Å². The molecule has 0 aliphatic carbocycles. The second-order valence-electron chi connectivity index (χ2n) is 26.8. The maximum absolute atomic E-state index is 13.4. The Bertz CT molecular complexity index is 1680. The molecule has 19 nitrogen and oxygen atoms in total. The van der Waals surface area contributed by atoms with Crippen LogP contribution >= 0.6 is 0 Å². The molecule has 17 atom stereocenters. The molecule has 12 N–H and O–H groups in total. The molecule has 0 spiro atoms. The summed E-state index contributed by atoms with van der Waals surface area (Å²) >= 11 is 0. The quantitative estimate of drug-likeness (QED) is 0.0199. The van der Waals surface area contributed by atoms with Crippen molar-refractivity contribution in [1.29, 1.82) is 0 Å². The predicted molar refractivity (Wildman–Crippen MR) is 351 cm³/mol. The van der Waals surface area contributed by atoms with Crippen molar-refractivity contribution in [1.82, 2.24) is 5.32 Å². The fourth-order valence-electron chi connectivity index (χ4n) is 12.8. The van der Waals surface area contributed by atoms with Gasteiger partial charge in [0.05, 0.1) is 38.6 Å². The number of carbonyl (C=O) groups is 1. The summed E-state index contributed by atoms with van der Waals surface area (Å²) in [6.07, 6.45) is 33.4. The van der Waals surface area contributed by atoms with Crippen molar-refractivity contribution in [3.63, 3.8) is 0 Å². The van der Waals surface area contributed by atoms with Gasteiger partial charge in [-0.15, -0.1) is 0 Å². The van der Waals surface area contributed by atoms with Gasteiger partial charge in [-0.3, -0.25) is 4.79 Å². The average Bonchev–Trinajstić information content (AvgIpc) is 1.05. The Labute approximate surface area is 544 Å². The number of aliphatic hydroxyl groups is 11.